The summed E-state index contributed by atoms with van der Waals surface area (Å²) >= 11 is 0. The van der Waals surface area contributed by atoms with Crippen LogP contribution in [0.2, 0.25) is 0 Å². The van der Waals surface area contributed by atoms with E-state index in [2.05, 4.69) is 34.8 Å². The molecule has 4 rings (SSSR count). The summed E-state index contributed by atoms with van der Waals surface area (Å²) in [5.41, 5.74) is 4.94. The highest BCUT2D eigenvalue weighted by molar-refractivity contribution is 5.97. The maximum Gasteiger partial charge on any atom is 0.275 e. The summed E-state index contributed by atoms with van der Waals surface area (Å²) in [5, 5.41) is 21.6. The van der Waals surface area contributed by atoms with Crippen LogP contribution in [0.1, 0.15) is 35.3 Å². The van der Waals surface area contributed by atoms with Crippen LogP contribution in [0.15, 0.2) is 96.1 Å². The summed E-state index contributed by atoms with van der Waals surface area (Å²) in [7, 11) is 1.53. The Bertz CT molecular complexity index is 1250. The Kier molecular flexibility index (Phi) is 12.9. The molecule has 1 amide bonds. The third-order valence-electron chi connectivity index (χ3n) is 4.89. The van der Waals surface area contributed by atoms with Gasteiger partial charge in [0.1, 0.15) is 18.1 Å². The summed E-state index contributed by atoms with van der Waals surface area (Å²) in [5.74, 6) is 0.940. The highest BCUT2D eigenvalue weighted by atomic mass is 16.5. The molecule has 7 nitrogen and oxygen atoms in total. The van der Waals surface area contributed by atoms with E-state index in [1.54, 1.807) is 38.3 Å². The molecule has 0 aliphatic carbocycles. The third-order valence-corrected chi connectivity index (χ3v) is 4.89. The van der Waals surface area contributed by atoms with Crippen molar-refractivity contribution in [3.63, 3.8) is 0 Å². The van der Waals surface area contributed by atoms with Gasteiger partial charge in [-0.2, -0.15) is 5.10 Å². The van der Waals surface area contributed by atoms with Crippen LogP contribution >= 0.6 is 0 Å². The summed E-state index contributed by atoms with van der Waals surface area (Å²) in [6.07, 6.45) is 1.59. The number of aliphatic hydroxyl groups is 2. The number of para-hydroxylation sites is 1. The molecule has 0 aromatic heterocycles. The summed E-state index contributed by atoms with van der Waals surface area (Å²) < 4.78 is 11.1. The first-order valence-electron chi connectivity index (χ1n) is 12.0. The molecular weight excluding hydrogens is 468 g/mol. The van der Waals surface area contributed by atoms with Crippen LogP contribution in [-0.4, -0.2) is 42.7 Å². The molecule has 0 saturated carbocycles. The quantitative estimate of drug-likeness (QED) is 0.239. The fraction of sp³-hybridized carbons (Fsp3) is 0.200. The number of hydrogen-bond donors (Lipinski definition) is 3. The number of methoxy groups -OCH3 is 1. The molecule has 0 heterocycles. The molecule has 0 unspecified atom stereocenters. The Morgan fingerprint density at radius 2 is 1.49 bits per heavy atom. The molecular formula is C30H34N2O5. The average molecular weight is 503 g/mol. The third kappa shape index (κ3) is 9.40. The minimum absolute atomic E-state index is 0.250. The Balaban J connectivity index is 0.000000733. The number of hydrogen-bond acceptors (Lipinski definition) is 6. The van der Waals surface area contributed by atoms with E-state index in [4.69, 9.17) is 19.7 Å². The van der Waals surface area contributed by atoms with E-state index in [1.807, 2.05) is 48.5 Å². The van der Waals surface area contributed by atoms with Crippen molar-refractivity contribution in [2.75, 3.05) is 20.3 Å². The molecule has 0 saturated heterocycles. The number of ether oxygens (including phenoxy) is 2. The molecule has 0 atom stereocenters. The van der Waals surface area contributed by atoms with Crippen LogP contribution in [0, 0.1) is 0 Å². The Morgan fingerprint density at radius 1 is 0.865 bits per heavy atom. The molecule has 0 spiro atoms. The van der Waals surface area contributed by atoms with Gasteiger partial charge in [-0.25, -0.2) is 5.43 Å². The fourth-order valence-corrected chi connectivity index (χ4v) is 3.29. The molecule has 0 radical (unpaired) electrons. The number of fused-ring (bicyclic) bond motifs is 1. The van der Waals surface area contributed by atoms with Crippen molar-refractivity contribution in [1.82, 2.24) is 5.43 Å². The maximum atomic E-state index is 12.3. The van der Waals surface area contributed by atoms with E-state index < -0.39 is 0 Å². The normalized spacial score (nSPS) is 10.1. The van der Waals surface area contributed by atoms with Crippen LogP contribution in [0.5, 0.6) is 11.5 Å². The highest BCUT2D eigenvalue weighted by Gasteiger charge is 2.10. The van der Waals surface area contributed by atoms with E-state index in [1.165, 1.54) is 17.9 Å². The predicted molar refractivity (Wildman–Crippen MR) is 148 cm³/mol. The van der Waals surface area contributed by atoms with Crippen molar-refractivity contribution >= 4 is 22.9 Å². The number of carbonyl (C=O) groups is 1. The molecule has 3 N–H and O–H groups in total. The Hall–Kier alpha value is -4.20. The molecule has 0 aliphatic heterocycles. The van der Waals surface area contributed by atoms with Crippen LogP contribution in [0.4, 0.5) is 0 Å². The van der Waals surface area contributed by atoms with Crippen molar-refractivity contribution in [2.45, 2.75) is 20.5 Å². The molecule has 4 aromatic carbocycles. The highest BCUT2D eigenvalue weighted by Crippen LogP contribution is 2.21. The number of nitrogens with zero attached hydrogens (tertiary/aromatic N) is 1. The molecule has 4 aromatic rings. The van der Waals surface area contributed by atoms with E-state index in [-0.39, 0.29) is 19.1 Å². The maximum absolute atomic E-state index is 12.3. The van der Waals surface area contributed by atoms with Gasteiger partial charge in [-0.1, -0.05) is 54.6 Å². The van der Waals surface area contributed by atoms with Crippen molar-refractivity contribution < 1.29 is 24.5 Å². The standard InChI is InChI=1S/C26H22N2O3.2C2H6O/c1-30-25-12-5-4-11-24(25)26(29)28-27-17-19-13-15-22(16-14-19)31-18-21-9-6-8-20-7-2-3-10-23(20)21;2*1-2-3/h2-17H,18H2,1H3,(H,28,29);2*3H,2H2,1H3/b27-17+;;. The van der Waals surface area contributed by atoms with Gasteiger partial charge in [-0.05, 0) is 72.1 Å². The first kappa shape index (κ1) is 29.0. The number of nitrogens with one attached hydrogen (secondary N) is 1. The van der Waals surface area contributed by atoms with E-state index >= 15 is 0 Å². The van der Waals surface area contributed by atoms with Gasteiger partial charge in [0.15, 0.2) is 0 Å². The topological polar surface area (TPSA) is 100 Å². The summed E-state index contributed by atoms with van der Waals surface area (Å²) in [6, 6.07) is 29.0. The lowest BCUT2D eigenvalue weighted by molar-refractivity contribution is 0.0952. The fourth-order valence-electron chi connectivity index (χ4n) is 3.29. The van der Waals surface area contributed by atoms with Crippen molar-refractivity contribution in [1.29, 1.82) is 0 Å². The molecule has 7 heteroatoms. The van der Waals surface area contributed by atoms with E-state index in [9.17, 15) is 4.79 Å². The van der Waals surface area contributed by atoms with Crippen molar-refractivity contribution in [3.8, 4) is 11.5 Å². The van der Waals surface area contributed by atoms with Gasteiger partial charge in [0.2, 0.25) is 0 Å². The minimum atomic E-state index is -0.330. The van der Waals surface area contributed by atoms with Gasteiger partial charge in [0.05, 0.1) is 18.9 Å². The van der Waals surface area contributed by atoms with E-state index in [0.717, 1.165) is 16.9 Å². The number of hydrazone groups is 1. The molecule has 194 valence electrons. The van der Waals surface area contributed by atoms with Gasteiger partial charge in [0, 0.05) is 13.2 Å². The van der Waals surface area contributed by atoms with Crippen LogP contribution in [-0.2, 0) is 6.61 Å². The van der Waals surface area contributed by atoms with Crippen molar-refractivity contribution in [3.05, 3.63) is 108 Å². The number of rotatable bonds is 7. The van der Waals surface area contributed by atoms with Gasteiger partial charge >= 0.3 is 0 Å². The Morgan fingerprint density at radius 3 is 2.19 bits per heavy atom. The number of benzene rings is 4. The lowest BCUT2D eigenvalue weighted by Gasteiger charge is -2.09. The monoisotopic (exact) mass is 502 g/mol. The van der Waals surface area contributed by atoms with Gasteiger partial charge in [0.25, 0.3) is 5.91 Å². The first-order valence-corrected chi connectivity index (χ1v) is 12.0. The zero-order chi connectivity index (χ0) is 26.9. The molecule has 0 aliphatic rings. The second kappa shape index (κ2) is 16.5. The van der Waals surface area contributed by atoms with Crippen LogP contribution in [0.25, 0.3) is 10.8 Å². The summed E-state index contributed by atoms with van der Waals surface area (Å²) in [4.78, 5) is 12.3. The van der Waals surface area contributed by atoms with E-state index in [0.29, 0.717) is 17.9 Å². The summed E-state index contributed by atoms with van der Waals surface area (Å²) in [6.45, 7) is 4.35. The van der Waals surface area contributed by atoms with Gasteiger partial charge < -0.3 is 19.7 Å². The number of aliphatic hydroxyl groups excluding tert-OH is 2. The minimum Gasteiger partial charge on any atom is -0.496 e. The predicted octanol–water partition coefficient (Wildman–Crippen LogP) is 5.19. The Labute approximate surface area is 218 Å². The van der Waals surface area contributed by atoms with Gasteiger partial charge in [-0.3, -0.25) is 4.79 Å². The molecule has 0 fully saturated rings. The first-order chi connectivity index (χ1) is 18.1. The zero-order valence-corrected chi connectivity index (χ0v) is 21.4. The SMILES string of the molecule is CCO.CCO.COc1ccccc1C(=O)N/N=C/c1ccc(OCc2cccc3ccccc23)cc1. The molecule has 37 heavy (non-hydrogen) atoms. The lowest BCUT2D eigenvalue weighted by atomic mass is 10.1. The molecule has 0 bridgehead atoms. The van der Waals surface area contributed by atoms with Gasteiger partial charge in [-0.15, -0.1) is 0 Å². The second-order valence-electron chi connectivity index (χ2n) is 7.53. The lowest BCUT2D eigenvalue weighted by Crippen LogP contribution is -2.18. The largest absolute Gasteiger partial charge is 0.496 e. The number of carbonyl (C=O) groups excluding carboxylic acids is 1. The van der Waals surface area contributed by atoms with Crippen LogP contribution in [0.3, 0.4) is 0 Å². The zero-order valence-electron chi connectivity index (χ0n) is 21.4. The second-order valence-corrected chi connectivity index (χ2v) is 7.53. The smallest absolute Gasteiger partial charge is 0.275 e. The number of amides is 1. The van der Waals surface area contributed by atoms with Crippen LogP contribution < -0.4 is 14.9 Å². The van der Waals surface area contributed by atoms with Crippen molar-refractivity contribution in [2.24, 2.45) is 5.10 Å². The average Bonchev–Trinajstić information content (AvgIpc) is 2.93.